The van der Waals surface area contributed by atoms with Crippen molar-refractivity contribution in [2.24, 2.45) is 0 Å². The summed E-state index contributed by atoms with van der Waals surface area (Å²) in [6, 6.07) is 2.14. The molecule has 0 aliphatic rings. The highest BCUT2D eigenvalue weighted by Crippen LogP contribution is 2.18. The third kappa shape index (κ3) is 2.50. The van der Waals surface area contributed by atoms with Crippen LogP contribution in [0.4, 0.5) is 5.69 Å². The number of nitrogens with zero attached hydrogens (tertiary/aromatic N) is 3. The van der Waals surface area contributed by atoms with Crippen LogP contribution >= 0.6 is 0 Å². The average molecular weight is 206 g/mol. The van der Waals surface area contributed by atoms with Crippen LogP contribution in [0.5, 0.6) is 0 Å². The molecule has 0 amide bonds. The first-order chi connectivity index (χ1) is 7.24. The van der Waals surface area contributed by atoms with E-state index in [0.717, 1.165) is 42.9 Å². The van der Waals surface area contributed by atoms with E-state index in [1.54, 1.807) is 0 Å². The number of hydrogen-bond acceptors (Lipinski definition) is 3. The zero-order chi connectivity index (χ0) is 11.3. The van der Waals surface area contributed by atoms with Crippen LogP contribution in [0.3, 0.4) is 0 Å². The predicted octanol–water partition coefficient (Wildman–Crippen LogP) is 1.89. The quantitative estimate of drug-likeness (QED) is 0.748. The van der Waals surface area contributed by atoms with E-state index < -0.39 is 0 Å². The summed E-state index contributed by atoms with van der Waals surface area (Å²) in [6.07, 6.45) is 3.17. The highest BCUT2D eigenvalue weighted by molar-refractivity contribution is 5.48. The van der Waals surface area contributed by atoms with E-state index in [-0.39, 0.29) is 0 Å². The van der Waals surface area contributed by atoms with Gasteiger partial charge in [-0.25, -0.2) is 0 Å². The molecule has 1 heterocycles. The van der Waals surface area contributed by atoms with Gasteiger partial charge in [-0.15, -0.1) is 0 Å². The molecule has 0 aromatic carbocycles. The topological polar surface area (TPSA) is 67.6 Å². The molecule has 0 spiro atoms. The van der Waals surface area contributed by atoms with Crippen molar-refractivity contribution in [2.75, 3.05) is 5.73 Å². The van der Waals surface area contributed by atoms with E-state index in [0.29, 0.717) is 6.42 Å². The maximum absolute atomic E-state index is 8.47. The first kappa shape index (κ1) is 11.6. The second-order valence-electron chi connectivity index (χ2n) is 3.50. The minimum absolute atomic E-state index is 0.574. The lowest BCUT2D eigenvalue weighted by atomic mass is 10.2. The van der Waals surface area contributed by atoms with Gasteiger partial charge in [-0.3, -0.25) is 4.68 Å². The number of unbranched alkanes of at least 4 members (excludes halogenated alkanes) is 1. The number of aromatic nitrogens is 2. The van der Waals surface area contributed by atoms with Crippen LogP contribution in [0.1, 0.15) is 38.1 Å². The third-order valence-corrected chi connectivity index (χ3v) is 2.50. The second-order valence-corrected chi connectivity index (χ2v) is 3.50. The fraction of sp³-hybridized carbons (Fsp3) is 0.636. The van der Waals surface area contributed by atoms with Crippen LogP contribution < -0.4 is 5.73 Å². The zero-order valence-corrected chi connectivity index (χ0v) is 9.45. The van der Waals surface area contributed by atoms with Crippen molar-refractivity contribution in [1.82, 2.24) is 9.78 Å². The Hall–Kier alpha value is -1.50. The Balaban J connectivity index is 2.82. The number of hydrogen-bond donors (Lipinski definition) is 1. The van der Waals surface area contributed by atoms with E-state index in [9.17, 15) is 0 Å². The Morgan fingerprint density at radius 2 is 2.13 bits per heavy atom. The molecule has 0 aliphatic heterocycles. The summed E-state index contributed by atoms with van der Waals surface area (Å²) in [5.41, 5.74) is 8.89. The van der Waals surface area contributed by atoms with Crippen molar-refractivity contribution in [3.05, 3.63) is 11.4 Å². The highest BCUT2D eigenvalue weighted by atomic mass is 15.3. The number of anilines is 1. The summed E-state index contributed by atoms with van der Waals surface area (Å²) in [7, 11) is 0. The fourth-order valence-corrected chi connectivity index (χ4v) is 1.69. The maximum atomic E-state index is 8.47. The van der Waals surface area contributed by atoms with Gasteiger partial charge >= 0.3 is 0 Å². The van der Waals surface area contributed by atoms with E-state index in [2.05, 4.69) is 25.0 Å². The first-order valence-corrected chi connectivity index (χ1v) is 5.45. The van der Waals surface area contributed by atoms with Gasteiger partial charge < -0.3 is 5.73 Å². The largest absolute Gasteiger partial charge is 0.396 e. The van der Waals surface area contributed by atoms with Gasteiger partial charge in [-0.05, 0) is 19.3 Å². The van der Waals surface area contributed by atoms with E-state index >= 15 is 0 Å². The smallest absolute Gasteiger partial charge is 0.0854 e. The summed E-state index contributed by atoms with van der Waals surface area (Å²) >= 11 is 0. The molecule has 0 atom stereocenters. The monoisotopic (exact) mass is 206 g/mol. The van der Waals surface area contributed by atoms with Crippen molar-refractivity contribution in [2.45, 2.75) is 46.1 Å². The Bertz CT molecular complexity index is 359. The Kier molecular flexibility index (Phi) is 4.17. The molecule has 1 aromatic rings. The standard InChI is InChI=1S/C11H18N4/c1-3-9-11(13)10(4-2)15(14-9)8-6-5-7-12/h3-6,8,13H2,1-2H3. The van der Waals surface area contributed by atoms with Crippen LogP contribution in [0, 0.1) is 11.3 Å². The van der Waals surface area contributed by atoms with Crippen LogP contribution in [0.25, 0.3) is 0 Å². The average Bonchev–Trinajstić information content (AvgIpc) is 2.55. The van der Waals surface area contributed by atoms with E-state index in [1.807, 2.05) is 4.68 Å². The summed E-state index contributed by atoms with van der Waals surface area (Å²) in [6.45, 7) is 4.92. The lowest BCUT2D eigenvalue weighted by Gasteiger charge is -2.04. The van der Waals surface area contributed by atoms with Gasteiger partial charge in [-0.2, -0.15) is 10.4 Å². The van der Waals surface area contributed by atoms with Crippen LogP contribution in [-0.2, 0) is 19.4 Å². The minimum atomic E-state index is 0.574. The fourth-order valence-electron chi connectivity index (χ4n) is 1.69. The van der Waals surface area contributed by atoms with Crippen LogP contribution in [0.2, 0.25) is 0 Å². The lowest BCUT2D eigenvalue weighted by molar-refractivity contribution is 0.558. The van der Waals surface area contributed by atoms with Gasteiger partial charge in [-0.1, -0.05) is 13.8 Å². The van der Waals surface area contributed by atoms with Crippen LogP contribution in [-0.4, -0.2) is 9.78 Å². The SMILES string of the molecule is CCc1nn(CCCC#N)c(CC)c1N. The predicted molar refractivity (Wildman–Crippen MR) is 60.2 cm³/mol. The van der Waals surface area contributed by atoms with Crippen molar-refractivity contribution in [1.29, 1.82) is 5.26 Å². The molecule has 15 heavy (non-hydrogen) atoms. The Morgan fingerprint density at radius 1 is 1.40 bits per heavy atom. The molecule has 0 aliphatic carbocycles. The molecular formula is C11H18N4. The number of aryl methyl sites for hydroxylation is 2. The van der Waals surface area contributed by atoms with Crippen molar-refractivity contribution < 1.29 is 0 Å². The molecule has 0 saturated heterocycles. The molecule has 0 radical (unpaired) electrons. The first-order valence-electron chi connectivity index (χ1n) is 5.45. The van der Waals surface area contributed by atoms with Crippen molar-refractivity contribution in [3.8, 4) is 6.07 Å². The molecule has 2 N–H and O–H groups in total. The molecular weight excluding hydrogens is 188 g/mol. The maximum Gasteiger partial charge on any atom is 0.0854 e. The van der Waals surface area contributed by atoms with Crippen molar-refractivity contribution in [3.63, 3.8) is 0 Å². The highest BCUT2D eigenvalue weighted by Gasteiger charge is 2.11. The van der Waals surface area contributed by atoms with Gasteiger partial charge in [0, 0.05) is 13.0 Å². The number of rotatable bonds is 5. The summed E-state index contributed by atoms with van der Waals surface area (Å²) < 4.78 is 1.95. The zero-order valence-electron chi connectivity index (χ0n) is 9.45. The molecule has 1 rings (SSSR count). The molecule has 0 saturated carbocycles. The minimum Gasteiger partial charge on any atom is -0.396 e. The summed E-state index contributed by atoms with van der Waals surface area (Å²) in [5.74, 6) is 0. The van der Waals surface area contributed by atoms with E-state index in [4.69, 9.17) is 11.0 Å². The number of nitrogen functional groups attached to an aromatic ring is 1. The number of nitriles is 1. The number of nitrogens with two attached hydrogens (primary N) is 1. The summed E-state index contributed by atoms with van der Waals surface area (Å²) in [4.78, 5) is 0. The molecule has 82 valence electrons. The molecule has 4 nitrogen and oxygen atoms in total. The normalized spacial score (nSPS) is 10.2. The Morgan fingerprint density at radius 3 is 2.67 bits per heavy atom. The van der Waals surface area contributed by atoms with Crippen LogP contribution in [0.15, 0.2) is 0 Å². The third-order valence-electron chi connectivity index (χ3n) is 2.50. The molecule has 0 unspecified atom stereocenters. The van der Waals surface area contributed by atoms with E-state index in [1.165, 1.54) is 0 Å². The summed E-state index contributed by atoms with van der Waals surface area (Å²) in [5, 5.41) is 12.9. The van der Waals surface area contributed by atoms with Gasteiger partial charge in [0.15, 0.2) is 0 Å². The van der Waals surface area contributed by atoms with Gasteiger partial charge in [0.2, 0.25) is 0 Å². The molecule has 4 heteroatoms. The molecule has 0 fully saturated rings. The van der Waals surface area contributed by atoms with Gasteiger partial charge in [0.05, 0.1) is 23.1 Å². The molecule has 1 aromatic heterocycles. The second kappa shape index (κ2) is 5.40. The van der Waals surface area contributed by atoms with Gasteiger partial charge in [0.1, 0.15) is 0 Å². The lowest BCUT2D eigenvalue weighted by Crippen LogP contribution is -2.05. The molecule has 0 bridgehead atoms. The Labute approximate surface area is 90.7 Å². The van der Waals surface area contributed by atoms with Gasteiger partial charge in [0.25, 0.3) is 0 Å². The van der Waals surface area contributed by atoms with Crippen molar-refractivity contribution >= 4 is 5.69 Å².